The molecule has 0 unspecified atom stereocenters. The first kappa shape index (κ1) is 20.9. The molecule has 0 radical (unpaired) electrons. The van der Waals surface area contributed by atoms with E-state index >= 15 is 0 Å². The Balaban J connectivity index is 2.45. The lowest BCUT2D eigenvalue weighted by molar-refractivity contribution is -0.138. The predicted molar refractivity (Wildman–Crippen MR) is 91.9 cm³/mol. The molecule has 0 atom stereocenters. The summed E-state index contributed by atoms with van der Waals surface area (Å²) in [5.74, 6) is -0.580. The predicted octanol–water partition coefficient (Wildman–Crippen LogP) is 1.08. The molecule has 8 nitrogen and oxygen atoms in total. The molecule has 140 valence electrons. The molecule has 1 amide bonds. The minimum Gasteiger partial charge on any atom is -0.494 e. The first-order valence-electron chi connectivity index (χ1n) is 7.94. The number of carboxylic acids is 1. The average Bonchev–Trinajstić information content (AvgIpc) is 2.55. The number of aliphatic carboxylic acids is 1. The zero-order valence-corrected chi connectivity index (χ0v) is 15.2. The van der Waals surface area contributed by atoms with E-state index in [0.29, 0.717) is 25.3 Å². The van der Waals surface area contributed by atoms with Crippen LogP contribution in [0.2, 0.25) is 0 Å². The number of amides is 1. The topological polar surface area (TPSA) is 113 Å². The minimum atomic E-state index is -3.70. The number of sulfonamides is 1. The second-order valence-corrected chi connectivity index (χ2v) is 7.13. The molecule has 1 aromatic carbocycles. The summed E-state index contributed by atoms with van der Waals surface area (Å²) < 4.78 is 31.9. The van der Waals surface area contributed by atoms with Crippen LogP contribution in [0.5, 0.6) is 5.75 Å². The Kier molecular flexibility index (Phi) is 8.36. The van der Waals surface area contributed by atoms with Crippen LogP contribution in [0.1, 0.15) is 26.2 Å². The van der Waals surface area contributed by atoms with Crippen LogP contribution in [0.4, 0.5) is 0 Å². The van der Waals surface area contributed by atoms with E-state index in [2.05, 4.69) is 4.72 Å². The van der Waals surface area contributed by atoms with Gasteiger partial charge in [-0.15, -0.1) is 0 Å². The molecule has 0 heterocycles. The molecule has 0 aliphatic heterocycles. The summed E-state index contributed by atoms with van der Waals surface area (Å²) in [5.41, 5.74) is 0. The van der Waals surface area contributed by atoms with Crippen molar-refractivity contribution >= 4 is 21.9 Å². The van der Waals surface area contributed by atoms with Crippen molar-refractivity contribution in [2.75, 3.05) is 26.7 Å². The van der Waals surface area contributed by atoms with Crippen molar-refractivity contribution in [3.05, 3.63) is 24.3 Å². The van der Waals surface area contributed by atoms with E-state index in [9.17, 15) is 18.0 Å². The van der Waals surface area contributed by atoms with Crippen LogP contribution < -0.4 is 9.46 Å². The maximum Gasteiger partial charge on any atom is 0.303 e. The molecule has 0 saturated carbocycles. The highest BCUT2D eigenvalue weighted by molar-refractivity contribution is 7.89. The Morgan fingerprint density at radius 1 is 1.20 bits per heavy atom. The molecule has 0 aliphatic rings. The van der Waals surface area contributed by atoms with Gasteiger partial charge in [-0.05, 0) is 37.6 Å². The van der Waals surface area contributed by atoms with E-state index in [1.165, 1.54) is 17.0 Å². The summed E-state index contributed by atoms with van der Waals surface area (Å²) in [5, 5.41) is 8.56. The Morgan fingerprint density at radius 2 is 1.84 bits per heavy atom. The maximum absolute atomic E-state index is 12.2. The number of nitrogens with one attached hydrogen (secondary N) is 1. The molecular formula is C16H24N2O6S. The molecular weight excluding hydrogens is 348 g/mol. The molecule has 0 fully saturated rings. The van der Waals surface area contributed by atoms with Gasteiger partial charge in [-0.1, -0.05) is 0 Å². The van der Waals surface area contributed by atoms with Gasteiger partial charge in [0.05, 0.1) is 11.5 Å². The van der Waals surface area contributed by atoms with Crippen molar-refractivity contribution in [1.29, 1.82) is 0 Å². The quantitative estimate of drug-likeness (QED) is 0.601. The van der Waals surface area contributed by atoms with Gasteiger partial charge in [-0.2, -0.15) is 0 Å². The van der Waals surface area contributed by atoms with Crippen LogP contribution >= 0.6 is 0 Å². The van der Waals surface area contributed by atoms with Crippen LogP contribution in [-0.2, 0) is 19.6 Å². The fourth-order valence-corrected chi connectivity index (χ4v) is 3.07. The zero-order chi connectivity index (χ0) is 18.9. The van der Waals surface area contributed by atoms with E-state index in [1.54, 1.807) is 19.2 Å². The minimum absolute atomic E-state index is 0.000168. The van der Waals surface area contributed by atoms with Crippen LogP contribution in [0, 0.1) is 0 Å². The van der Waals surface area contributed by atoms with Gasteiger partial charge in [0, 0.05) is 33.0 Å². The summed E-state index contributed by atoms with van der Waals surface area (Å²) in [4.78, 5) is 23.8. The molecule has 25 heavy (non-hydrogen) atoms. The highest BCUT2D eigenvalue weighted by atomic mass is 32.2. The van der Waals surface area contributed by atoms with Crippen molar-refractivity contribution in [3.8, 4) is 5.75 Å². The van der Waals surface area contributed by atoms with Crippen molar-refractivity contribution in [2.45, 2.75) is 31.1 Å². The lowest BCUT2D eigenvalue weighted by atomic mass is 10.3. The van der Waals surface area contributed by atoms with Crippen LogP contribution in [0.15, 0.2) is 29.2 Å². The molecule has 0 aliphatic carbocycles. The van der Waals surface area contributed by atoms with Crippen molar-refractivity contribution in [1.82, 2.24) is 9.62 Å². The Labute approximate surface area is 147 Å². The van der Waals surface area contributed by atoms with E-state index in [-0.39, 0.29) is 30.2 Å². The molecule has 0 saturated heterocycles. The van der Waals surface area contributed by atoms with Gasteiger partial charge in [0.15, 0.2) is 0 Å². The average molecular weight is 372 g/mol. The highest BCUT2D eigenvalue weighted by Gasteiger charge is 2.15. The van der Waals surface area contributed by atoms with Crippen molar-refractivity contribution in [2.24, 2.45) is 0 Å². The summed E-state index contributed by atoms with van der Waals surface area (Å²) in [6, 6.07) is 6.01. The molecule has 0 aromatic heterocycles. The number of carboxylic acid groups (broad SMARTS) is 1. The molecule has 1 rings (SSSR count). The van der Waals surface area contributed by atoms with Gasteiger partial charge >= 0.3 is 5.97 Å². The number of ether oxygens (including phenoxy) is 1. The third-order valence-electron chi connectivity index (χ3n) is 3.39. The molecule has 0 bridgehead atoms. The number of benzene rings is 1. The van der Waals surface area contributed by atoms with Gasteiger partial charge in [0.1, 0.15) is 5.75 Å². The van der Waals surface area contributed by atoms with Crippen LogP contribution in [0.25, 0.3) is 0 Å². The maximum atomic E-state index is 12.2. The normalized spacial score (nSPS) is 11.1. The van der Waals surface area contributed by atoms with Gasteiger partial charge in [0.2, 0.25) is 15.9 Å². The zero-order valence-electron chi connectivity index (χ0n) is 14.4. The van der Waals surface area contributed by atoms with E-state index in [0.717, 1.165) is 0 Å². The van der Waals surface area contributed by atoms with E-state index in [4.69, 9.17) is 9.84 Å². The standard InChI is InChI=1S/C16H24N2O6S/c1-3-24-13-6-8-14(9-7-13)25(22,23)17-11-10-15(19)18(2)12-4-5-16(20)21/h6-9,17H,3-5,10-12H2,1-2H3,(H,20,21). The van der Waals surface area contributed by atoms with Crippen molar-refractivity contribution < 1.29 is 27.9 Å². The van der Waals surface area contributed by atoms with E-state index in [1.807, 2.05) is 6.92 Å². The fourth-order valence-electron chi connectivity index (χ4n) is 2.04. The Hall–Kier alpha value is -2.13. The van der Waals surface area contributed by atoms with Crippen LogP contribution in [0.3, 0.4) is 0 Å². The number of nitrogens with zero attached hydrogens (tertiary/aromatic N) is 1. The Morgan fingerprint density at radius 3 is 2.40 bits per heavy atom. The second-order valence-electron chi connectivity index (χ2n) is 5.36. The second kappa shape index (κ2) is 10.00. The van der Waals surface area contributed by atoms with Gasteiger partial charge in [-0.25, -0.2) is 13.1 Å². The number of hydrogen-bond donors (Lipinski definition) is 2. The van der Waals surface area contributed by atoms with Gasteiger partial charge in [-0.3, -0.25) is 9.59 Å². The molecule has 1 aromatic rings. The summed E-state index contributed by atoms with van der Waals surface area (Å²) in [7, 11) is -2.13. The number of hydrogen-bond acceptors (Lipinski definition) is 5. The van der Waals surface area contributed by atoms with Crippen molar-refractivity contribution in [3.63, 3.8) is 0 Å². The highest BCUT2D eigenvalue weighted by Crippen LogP contribution is 2.15. The first-order chi connectivity index (χ1) is 11.8. The first-order valence-corrected chi connectivity index (χ1v) is 9.43. The summed E-state index contributed by atoms with van der Waals surface area (Å²) in [6.07, 6.45) is 0.345. The molecule has 2 N–H and O–H groups in total. The fraction of sp³-hybridized carbons (Fsp3) is 0.500. The number of carbonyl (C=O) groups is 2. The molecule has 9 heteroatoms. The third kappa shape index (κ3) is 7.53. The monoisotopic (exact) mass is 372 g/mol. The SMILES string of the molecule is CCOc1ccc(S(=O)(=O)NCCC(=O)N(C)CCCC(=O)O)cc1. The smallest absolute Gasteiger partial charge is 0.303 e. The summed E-state index contributed by atoms with van der Waals surface area (Å²) >= 11 is 0. The largest absolute Gasteiger partial charge is 0.494 e. The van der Waals surface area contributed by atoms with Crippen LogP contribution in [-0.4, -0.2) is 57.0 Å². The number of rotatable bonds is 11. The van der Waals surface area contributed by atoms with Gasteiger partial charge < -0.3 is 14.7 Å². The molecule has 0 spiro atoms. The lowest BCUT2D eigenvalue weighted by Gasteiger charge is -2.16. The third-order valence-corrected chi connectivity index (χ3v) is 4.86. The Bertz CT molecular complexity index is 672. The number of carbonyl (C=O) groups excluding carboxylic acids is 1. The summed E-state index contributed by atoms with van der Waals surface area (Å²) in [6.45, 7) is 2.61. The lowest BCUT2D eigenvalue weighted by Crippen LogP contribution is -2.32. The van der Waals surface area contributed by atoms with Gasteiger partial charge in [0.25, 0.3) is 0 Å². The van der Waals surface area contributed by atoms with E-state index < -0.39 is 16.0 Å².